The number of ether oxygens (including phenoxy) is 1. The number of benzene rings is 2. The summed E-state index contributed by atoms with van der Waals surface area (Å²) in [5.41, 5.74) is 3.67. The van der Waals surface area contributed by atoms with Crippen LogP contribution in [-0.4, -0.2) is 9.78 Å². The topological polar surface area (TPSA) is 39.1 Å². The Balaban J connectivity index is 1.48. The fraction of sp³-hybridized carbons (Fsp3) is 0.348. The molecule has 3 aromatic rings. The van der Waals surface area contributed by atoms with Crippen molar-refractivity contribution in [3.8, 4) is 11.5 Å². The molecule has 1 saturated carbocycles. The van der Waals surface area contributed by atoms with Gasteiger partial charge in [0.2, 0.25) is 0 Å². The van der Waals surface area contributed by atoms with Crippen LogP contribution in [0.1, 0.15) is 55.8 Å². The van der Waals surface area contributed by atoms with Gasteiger partial charge in [-0.15, -0.1) is 0 Å². The average molecular weight is 361 g/mol. The highest BCUT2D eigenvalue weighted by Crippen LogP contribution is 2.40. The second-order valence-corrected chi connectivity index (χ2v) is 7.32. The van der Waals surface area contributed by atoms with E-state index in [2.05, 4.69) is 30.6 Å². The lowest BCUT2D eigenvalue weighted by atomic mass is 9.82. The maximum atomic E-state index is 5.91. The molecular formula is C23H27N3O. The minimum absolute atomic E-state index is 0.263. The van der Waals surface area contributed by atoms with Gasteiger partial charge in [-0.1, -0.05) is 43.7 Å². The van der Waals surface area contributed by atoms with Crippen LogP contribution >= 0.6 is 0 Å². The number of hydrogen-bond donors (Lipinski definition) is 1. The summed E-state index contributed by atoms with van der Waals surface area (Å²) >= 11 is 0. The van der Waals surface area contributed by atoms with Crippen LogP contribution in [0.25, 0.3) is 0 Å². The van der Waals surface area contributed by atoms with E-state index in [1.54, 1.807) is 0 Å². The molecule has 140 valence electrons. The lowest BCUT2D eigenvalue weighted by Crippen LogP contribution is -2.15. The number of para-hydroxylation sites is 1. The summed E-state index contributed by atoms with van der Waals surface area (Å²) in [7, 11) is 2.00. The minimum Gasteiger partial charge on any atom is -0.457 e. The van der Waals surface area contributed by atoms with Crippen molar-refractivity contribution in [1.82, 2.24) is 9.78 Å². The predicted octanol–water partition coefficient (Wildman–Crippen LogP) is 6.04. The zero-order chi connectivity index (χ0) is 18.6. The molecule has 4 heteroatoms. The number of hydrogen-bond acceptors (Lipinski definition) is 3. The van der Waals surface area contributed by atoms with Gasteiger partial charge in [0, 0.05) is 19.2 Å². The van der Waals surface area contributed by atoms with E-state index >= 15 is 0 Å². The number of aromatic nitrogens is 2. The third kappa shape index (κ3) is 4.00. The summed E-state index contributed by atoms with van der Waals surface area (Å²) in [5.74, 6) is 2.33. The van der Waals surface area contributed by atoms with Crippen LogP contribution < -0.4 is 10.1 Å². The summed E-state index contributed by atoms with van der Waals surface area (Å²) < 4.78 is 7.84. The molecule has 4 rings (SSSR count). The highest BCUT2D eigenvalue weighted by Gasteiger charge is 2.26. The summed E-state index contributed by atoms with van der Waals surface area (Å²) in [5, 5.41) is 8.44. The third-order valence-electron chi connectivity index (χ3n) is 5.35. The number of anilines is 1. The second-order valence-electron chi connectivity index (χ2n) is 7.32. The third-order valence-corrected chi connectivity index (χ3v) is 5.35. The van der Waals surface area contributed by atoms with E-state index in [9.17, 15) is 0 Å². The van der Waals surface area contributed by atoms with Crippen LogP contribution in [0.15, 0.2) is 60.8 Å². The van der Waals surface area contributed by atoms with Crippen molar-refractivity contribution >= 4 is 5.69 Å². The Kier molecular flexibility index (Phi) is 5.14. The van der Waals surface area contributed by atoms with Crippen molar-refractivity contribution in [3.63, 3.8) is 0 Å². The van der Waals surface area contributed by atoms with E-state index in [0.717, 1.165) is 17.9 Å². The quantitative estimate of drug-likeness (QED) is 0.557. The molecular weight excluding hydrogens is 334 g/mol. The van der Waals surface area contributed by atoms with Gasteiger partial charge in [0.1, 0.15) is 11.5 Å². The van der Waals surface area contributed by atoms with Crippen LogP contribution in [0, 0.1) is 0 Å². The Morgan fingerprint density at radius 1 is 1.07 bits per heavy atom. The van der Waals surface area contributed by atoms with Crippen molar-refractivity contribution in [1.29, 1.82) is 0 Å². The Morgan fingerprint density at radius 2 is 1.78 bits per heavy atom. The van der Waals surface area contributed by atoms with E-state index in [4.69, 9.17) is 9.84 Å². The van der Waals surface area contributed by atoms with E-state index in [1.165, 1.54) is 36.2 Å². The molecule has 1 heterocycles. The molecule has 0 radical (unpaired) electrons. The van der Waals surface area contributed by atoms with E-state index in [1.807, 2.05) is 54.2 Å². The van der Waals surface area contributed by atoms with E-state index in [0.29, 0.717) is 5.92 Å². The van der Waals surface area contributed by atoms with Crippen molar-refractivity contribution < 1.29 is 4.74 Å². The van der Waals surface area contributed by atoms with E-state index in [-0.39, 0.29) is 6.04 Å². The number of aryl methyl sites for hydroxylation is 1. The van der Waals surface area contributed by atoms with Crippen LogP contribution in [0.3, 0.4) is 0 Å². The van der Waals surface area contributed by atoms with Gasteiger partial charge in [0.15, 0.2) is 0 Å². The Morgan fingerprint density at radius 3 is 2.41 bits per heavy atom. The van der Waals surface area contributed by atoms with Crippen molar-refractivity contribution in [2.24, 2.45) is 7.05 Å². The van der Waals surface area contributed by atoms with Crippen molar-refractivity contribution in [2.45, 2.75) is 44.6 Å². The smallest absolute Gasteiger partial charge is 0.127 e. The van der Waals surface area contributed by atoms with Crippen LogP contribution in [-0.2, 0) is 7.05 Å². The molecule has 0 aliphatic heterocycles. The highest BCUT2D eigenvalue weighted by atomic mass is 16.5. The Hall–Kier alpha value is -2.75. The van der Waals surface area contributed by atoms with Gasteiger partial charge in [-0.3, -0.25) is 4.68 Å². The lowest BCUT2D eigenvalue weighted by molar-refractivity contribution is 0.408. The monoisotopic (exact) mass is 361 g/mol. The molecule has 1 aliphatic carbocycles. The average Bonchev–Trinajstić information content (AvgIpc) is 2.99. The van der Waals surface area contributed by atoms with Crippen molar-refractivity contribution in [2.75, 3.05) is 5.32 Å². The first-order valence-corrected chi connectivity index (χ1v) is 9.86. The predicted molar refractivity (Wildman–Crippen MR) is 109 cm³/mol. The van der Waals surface area contributed by atoms with Crippen molar-refractivity contribution in [3.05, 3.63) is 72.1 Å². The normalized spacial score (nSPS) is 15.2. The zero-order valence-corrected chi connectivity index (χ0v) is 16.1. The highest BCUT2D eigenvalue weighted by molar-refractivity contribution is 5.51. The number of nitrogens with one attached hydrogen (secondary N) is 1. The Labute approximate surface area is 161 Å². The second kappa shape index (κ2) is 7.87. The molecule has 1 aromatic heterocycles. The van der Waals surface area contributed by atoms with Gasteiger partial charge in [-0.05, 0) is 49.1 Å². The number of nitrogens with zero attached hydrogens (tertiary/aromatic N) is 2. The maximum absolute atomic E-state index is 5.91. The molecule has 1 fully saturated rings. The van der Waals surface area contributed by atoms with Crippen LogP contribution in [0.5, 0.6) is 11.5 Å². The fourth-order valence-corrected chi connectivity index (χ4v) is 3.60. The number of rotatable bonds is 7. The molecule has 4 nitrogen and oxygen atoms in total. The summed E-state index contributed by atoms with van der Waals surface area (Å²) in [6, 6.07) is 18.5. The molecule has 0 spiro atoms. The molecule has 1 N–H and O–H groups in total. The summed E-state index contributed by atoms with van der Waals surface area (Å²) in [6.07, 6.45) is 6.96. The van der Waals surface area contributed by atoms with E-state index < -0.39 is 0 Å². The van der Waals surface area contributed by atoms with Crippen LogP contribution in [0.4, 0.5) is 5.69 Å². The first-order chi connectivity index (χ1) is 13.2. The molecule has 1 unspecified atom stereocenters. The summed E-state index contributed by atoms with van der Waals surface area (Å²) in [6.45, 7) is 2.21. The maximum Gasteiger partial charge on any atom is 0.127 e. The zero-order valence-electron chi connectivity index (χ0n) is 16.1. The van der Waals surface area contributed by atoms with Gasteiger partial charge >= 0.3 is 0 Å². The van der Waals surface area contributed by atoms with Gasteiger partial charge in [0.05, 0.1) is 17.4 Å². The molecule has 0 saturated heterocycles. The summed E-state index contributed by atoms with van der Waals surface area (Å²) in [4.78, 5) is 0. The SMILES string of the molecule is CCC(Nc1cn(C)nc1C1CCC1)c1ccc(Oc2ccccc2)cc1. The Bertz CT molecular complexity index is 866. The first-order valence-electron chi connectivity index (χ1n) is 9.86. The molecule has 0 bridgehead atoms. The fourth-order valence-electron chi connectivity index (χ4n) is 3.60. The molecule has 1 atom stereocenters. The first kappa shape index (κ1) is 17.7. The standard InChI is InChI=1S/C23H27N3O/c1-3-21(24-22-16-26(2)25-23(22)18-8-7-9-18)17-12-14-20(15-13-17)27-19-10-5-4-6-11-19/h4-6,10-16,18,21,24H,3,7-9H2,1-2H3. The molecule has 2 aromatic carbocycles. The largest absolute Gasteiger partial charge is 0.457 e. The van der Waals surface area contributed by atoms with Gasteiger partial charge in [-0.25, -0.2) is 0 Å². The molecule has 27 heavy (non-hydrogen) atoms. The van der Waals surface area contributed by atoms with Gasteiger partial charge in [0.25, 0.3) is 0 Å². The lowest BCUT2D eigenvalue weighted by Gasteiger charge is -2.26. The van der Waals surface area contributed by atoms with Gasteiger partial charge < -0.3 is 10.1 Å². The molecule has 1 aliphatic rings. The minimum atomic E-state index is 0.263. The van der Waals surface area contributed by atoms with Gasteiger partial charge in [-0.2, -0.15) is 5.10 Å². The molecule has 0 amide bonds. The van der Waals surface area contributed by atoms with Crippen LogP contribution in [0.2, 0.25) is 0 Å².